The zero-order valence-electron chi connectivity index (χ0n) is 13.9. The number of aromatic amines is 1. The van der Waals surface area contributed by atoms with Gasteiger partial charge in [-0.1, -0.05) is 23.7 Å². The van der Waals surface area contributed by atoms with Crippen LogP contribution in [-0.2, 0) is 11.2 Å². The highest BCUT2D eigenvalue weighted by Gasteiger charge is 2.11. The van der Waals surface area contributed by atoms with Gasteiger partial charge in [-0.3, -0.25) is 4.79 Å². The molecule has 0 saturated heterocycles. The molecule has 2 heterocycles. The number of nitrogens with one attached hydrogen (secondary N) is 2. The summed E-state index contributed by atoms with van der Waals surface area (Å²) in [6, 6.07) is 13.1. The molecule has 1 amide bonds. The van der Waals surface area contributed by atoms with E-state index in [1.54, 1.807) is 11.3 Å². The predicted octanol–water partition coefficient (Wildman–Crippen LogP) is 4.83. The number of nitrogens with zero attached hydrogens (tertiary/aromatic N) is 2. The van der Waals surface area contributed by atoms with Crippen molar-refractivity contribution in [2.24, 2.45) is 0 Å². The van der Waals surface area contributed by atoms with Crippen LogP contribution >= 0.6 is 22.9 Å². The quantitative estimate of drug-likeness (QED) is 0.531. The van der Waals surface area contributed by atoms with E-state index < -0.39 is 0 Å². The maximum absolute atomic E-state index is 12.2. The molecule has 0 aliphatic carbocycles. The number of benzene rings is 2. The SMILES string of the molecule is Cc1nc(CC(=O)Nc2ccc3nc(-c4ccccc4Cl)[nH]c3c2)cs1. The van der Waals surface area contributed by atoms with Crippen LogP contribution in [0.5, 0.6) is 0 Å². The Balaban J connectivity index is 1.56. The highest BCUT2D eigenvalue weighted by Crippen LogP contribution is 2.28. The van der Waals surface area contributed by atoms with Crippen molar-refractivity contribution in [2.75, 3.05) is 5.32 Å². The number of hydrogen-bond acceptors (Lipinski definition) is 4. The van der Waals surface area contributed by atoms with Gasteiger partial charge in [0.15, 0.2) is 0 Å². The summed E-state index contributed by atoms with van der Waals surface area (Å²) < 4.78 is 0. The van der Waals surface area contributed by atoms with E-state index in [9.17, 15) is 4.79 Å². The molecule has 2 N–H and O–H groups in total. The van der Waals surface area contributed by atoms with Crippen LogP contribution in [0.3, 0.4) is 0 Å². The van der Waals surface area contributed by atoms with Gasteiger partial charge in [-0.05, 0) is 37.3 Å². The summed E-state index contributed by atoms with van der Waals surface area (Å²) >= 11 is 7.78. The van der Waals surface area contributed by atoms with E-state index in [1.807, 2.05) is 54.8 Å². The van der Waals surface area contributed by atoms with E-state index in [0.717, 1.165) is 27.3 Å². The summed E-state index contributed by atoms with van der Waals surface area (Å²) in [5.74, 6) is 0.604. The molecule has 2 aromatic carbocycles. The molecule has 0 spiro atoms. The maximum Gasteiger partial charge on any atom is 0.230 e. The van der Waals surface area contributed by atoms with Crippen LogP contribution in [0, 0.1) is 6.92 Å². The number of thiazole rings is 1. The fraction of sp³-hybridized carbons (Fsp3) is 0.105. The van der Waals surface area contributed by atoms with Gasteiger partial charge in [-0.25, -0.2) is 9.97 Å². The highest BCUT2D eigenvalue weighted by molar-refractivity contribution is 7.09. The lowest BCUT2D eigenvalue weighted by molar-refractivity contribution is -0.115. The summed E-state index contributed by atoms with van der Waals surface area (Å²) in [6.07, 6.45) is 0.260. The first-order chi connectivity index (χ1) is 12.6. The number of carbonyl (C=O) groups excluding carboxylic acids is 1. The van der Waals surface area contributed by atoms with Crippen LogP contribution in [0.4, 0.5) is 5.69 Å². The Kier molecular flexibility index (Phi) is 4.44. The van der Waals surface area contributed by atoms with Gasteiger partial charge in [-0.15, -0.1) is 11.3 Å². The Bertz CT molecular complexity index is 1100. The van der Waals surface area contributed by atoms with E-state index in [4.69, 9.17) is 11.6 Å². The number of H-pyrrole nitrogens is 1. The Morgan fingerprint density at radius 2 is 2.08 bits per heavy atom. The monoisotopic (exact) mass is 382 g/mol. The molecule has 7 heteroatoms. The molecule has 0 atom stereocenters. The molecule has 5 nitrogen and oxygen atoms in total. The Labute approximate surface area is 159 Å². The summed E-state index contributed by atoms with van der Waals surface area (Å²) in [5, 5.41) is 6.40. The van der Waals surface area contributed by atoms with Gasteiger partial charge in [0.25, 0.3) is 0 Å². The van der Waals surface area contributed by atoms with Crippen molar-refractivity contribution < 1.29 is 4.79 Å². The molecule has 0 unspecified atom stereocenters. The summed E-state index contributed by atoms with van der Waals surface area (Å²) in [4.78, 5) is 24.4. The topological polar surface area (TPSA) is 70.7 Å². The van der Waals surface area contributed by atoms with Crippen molar-refractivity contribution >= 4 is 45.6 Å². The zero-order chi connectivity index (χ0) is 18.1. The van der Waals surface area contributed by atoms with Gasteiger partial charge >= 0.3 is 0 Å². The van der Waals surface area contributed by atoms with Crippen molar-refractivity contribution in [1.29, 1.82) is 0 Å². The molecule has 26 heavy (non-hydrogen) atoms. The van der Waals surface area contributed by atoms with Gasteiger partial charge in [-0.2, -0.15) is 0 Å². The zero-order valence-corrected chi connectivity index (χ0v) is 15.5. The molecule has 0 fully saturated rings. The van der Waals surface area contributed by atoms with Crippen LogP contribution in [0.15, 0.2) is 47.8 Å². The van der Waals surface area contributed by atoms with Crippen molar-refractivity contribution in [3.63, 3.8) is 0 Å². The third kappa shape index (κ3) is 3.47. The maximum atomic E-state index is 12.2. The summed E-state index contributed by atoms with van der Waals surface area (Å²) in [7, 11) is 0. The van der Waals surface area contributed by atoms with Crippen LogP contribution in [0.25, 0.3) is 22.4 Å². The second kappa shape index (κ2) is 6.90. The van der Waals surface area contributed by atoms with Crippen molar-refractivity contribution in [1.82, 2.24) is 15.0 Å². The average Bonchev–Trinajstić information content (AvgIpc) is 3.20. The Hall–Kier alpha value is -2.70. The molecule has 130 valence electrons. The normalized spacial score (nSPS) is 11.0. The molecule has 0 bridgehead atoms. The van der Waals surface area contributed by atoms with E-state index >= 15 is 0 Å². The van der Waals surface area contributed by atoms with Crippen molar-refractivity contribution in [2.45, 2.75) is 13.3 Å². The molecule has 4 aromatic rings. The first-order valence-electron chi connectivity index (χ1n) is 8.04. The lowest BCUT2D eigenvalue weighted by Gasteiger charge is -2.03. The Morgan fingerprint density at radius 1 is 1.23 bits per heavy atom. The lowest BCUT2D eigenvalue weighted by atomic mass is 10.2. The smallest absolute Gasteiger partial charge is 0.230 e. The van der Waals surface area contributed by atoms with Crippen LogP contribution in [0.1, 0.15) is 10.7 Å². The summed E-state index contributed by atoms with van der Waals surface area (Å²) in [5.41, 5.74) is 3.99. The number of hydrogen-bond donors (Lipinski definition) is 2. The van der Waals surface area contributed by atoms with Gasteiger partial charge in [0.1, 0.15) is 5.82 Å². The number of aromatic nitrogens is 3. The standard InChI is InChI=1S/C19H15ClN4OS/c1-11-21-13(10-26-11)9-18(25)22-12-6-7-16-17(8-12)24-19(23-16)14-4-2-3-5-15(14)20/h2-8,10H,9H2,1H3,(H,22,25)(H,23,24). The van der Waals surface area contributed by atoms with Crippen molar-refractivity contribution in [3.8, 4) is 11.4 Å². The highest BCUT2D eigenvalue weighted by atomic mass is 35.5. The second-order valence-electron chi connectivity index (χ2n) is 5.88. The van der Waals surface area contributed by atoms with E-state index in [0.29, 0.717) is 16.5 Å². The van der Waals surface area contributed by atoms with Crippen molar-refractivity contribution in [3.05, 3.63) is 63.6 Å². The fourth-order valence-electron chi connectivity index (χ4n) is 2.73. The van der Waals surface area contributed by atoms with E-state index in [1.165, 1.54) is 0 Å². The first kappa shape index (κ1) is 16.8. The molecule has 0 aliphatic heterocycles. The third-order valence-electron chi connectivity index (χ3n) is 3.90. The fourth-order valence-corrected chi connectivity index (χ4v) is 3.57. The molecule has 0 saturated carbocycles. The second-order valence-corrected chi connectivity index (χ2v) is 7.35. The molecule has 4 rings (SSSR count). The number of aryl methyl sites for hydroxylation is 1. The van der Waals surface area contributed by atoms with Crippen LogP contribution in [-0.4, -0.2) is 20.9 Å². The largest absolute Gasteiger partial charge is 0.338 e. The van der Waals surface area contributed by atoms with E-state index in [-0.39, 0.29) is 12.3 Å². The Morgan fingerprint density at radius 3 is 2.85 bits per heavy atom. The number of anilines is 1. The predicted molar refractivity (Wildman–Crippen MR) is 106 cm³/mol. The average molecular weight is 383 g/mol. The minimum atomic E-state index is -0.0968. The molecular formula is C19H15ClN4OS. The number of amides is 1. The van der Waals surface area contributed by atoms with Crippen LogP contribution in [0.2, 0.25) is 5.02 Å². The first-order valence-corrected chi connectivity index (χ1v) is 9.30. The number of imidazole rings is 1. The van der Waals surface area contributed by atoms with Crippen LogP contribution < -0.4 is 5.32 Å². The minimum Gasteiger partial charge on any atom is -0.338 e. The summed E-state index contributed by atoms with van der Waals surface area (Å²) in [6.45, 7) is 1.93. The van der Waals surface area contributed by atoms with Gasteiger partial charge in [0, 0.05) is 16.6 Å². The lowest BCUT2D eigenvalue weighted by Crippen LogP contribution is -2.14. The number of fused-ring (bicyclic) bond motifs is 1. The molecule has 0 aliphatic rings. The van der Waals surface area contributed by atoms with Gasteiger partial charge in [0.05, 0.1) is 33.2 Å². The van der Waals surface area contributed by atoms with Gasteiger partial charge < -0.3 is 10.3 Å². The molecule has 0 radical (unpaired) electrons. The molecular weight excluding hydrogens is 368 g/mol. The minimum absolute atomic E-state index is 0.0968. The molecule has 2 aromatic heterocycles. The third-order valence-corrected chi connectivity index (χ3v) is 5.05. The number of rotatable bonds is 4. The number of halogens is 1. The van der Waals surface area contributed by atoms with Gasteiger partial charge in [0.2, 0.25) is 5.91 Å². The van der Waals surface area contributed by atoms with E-state index in [2.05, 4.69) is 20.3 Å². The number of carbonyl (C=O) groups is 1.